The number of non-ortho nitro benzene ring substituents is 1. The number of benzene rings is 2. The van der Waals surface area contributed by atoms with Crippen molar-refractivity contribution in [1.29, 1.82) is 0 Å². The predicted molar refractivity (Wildman–Crippen MR) is 117 cm³/mol. The average molecular weight is 419 g/mol. The van der Waals surface area contributed by atoms with Crippen LogP contribution < -0.4 is 9.80 Å². The summed E-state index contributed by atoms with van der Waals surface area (Å²) in [5.41, 5.74) is 3.07. The lowest BCUT2D eigenvalue weighted by molar-refractivity contribution is -0.384. The van der Waals surface area contributed by atoms with Crippen LogP contribution in [0.25, 0.3) is 6.08 Å². The van der Waals surface area contributed by atoms with Gasteiger partial charge in [-0.2, -0.15) is 4.99 Å². The topological polar surface area (TPSA) is 91.5 Å². The van der Waals surface area contributed by atoms with E-state index in [2.05, 4.69) is 14.8 Å². The van der Waals surface area contributed by atoms with E-state index in [0.717, 1.165) is 44.2 Å². The number of aliphatic imine (C=N–C) groups is 1. The van der Waals surface area contributed by atoms with Gasteiger partial charge < -0.3 is 9.64 Å². The predicted octanol–water partition coefficient (Wildman–Crippen LogP) is 2.49. The largest absolute Gasteiger partial charge is 0.379 e. The second-order valence-electron chi connectivity index (χ2n) is 7.52. The van der Waals surface area contributed by atoms with E-state index in [9.17, 15) is 14.9 Å². The zero-order valence-corrected chi connectivity index (χ0v) is 16.8. The summed E-state index contributed by atoms with van der Waals surface area (Å²) in [5.74, 6) is 0.284. The maximum atomic E-state index is 12.8. The summed E-state index contributed by atoms with van der Waals surface area (Å²) in [4.78, 5) is 33.9. The fraction of sp³-hybridized carbons (Fsp3) is 0.273. The normalized spacial score (nSPS) is 19.5. The number of fused-ring (bicyclic) bond motifs is 3. The molecule has 0 aliphatic carbocycles. The molecular formula is C22H21N5O4. The molecule has 9 nitrogen and oxygen atoms in total. The Bertz CT molecular complexity index is 1090. The van der Waals surface area contributed by atoms with E-state index in [4.69, 9.17) is 4.74 Å². The minimum absolute atomic E-state index is 0.0117. The van der Waals surface area contributed by atoms with Crippen LogP contribution in [0, 0.1) is 10.1 Å². The summed E-state index contributed by atoms with van der Waals surface area (Å²) < 4.78 is 5.43. The Kier molecular flexibility index (Phi) is 4.97. The second-order valence-corrected chi connectivity index (χ2v) is 7.52. The number of nitro benzene ring substituents is 1. The first kappa shape index (κ1) is 19.4. The Morgan fingerprint density at radius 1 is 1.03 bits per heavy atom. The van der Waals surface area contributed by atoms with Gasteiger partial charge >= 0.3 is 0 Å². The summed E-state index contributed by atoms with van der Waals surface area (Å²) in [5, 5.41) is 10.9. The molecule has 1 amide bonds. The average Bonchev–Trinajstić information content (AvgIpc) is 3.27. The Hall–Kier alpha value is -3.56. The Balaban J connectivity index is 1.44. The van der Waals surface area contributed by atoms with Crippen LogP contribution in [0.1, 0.15) is 5.56 Å². The van der Waals surface area contributed by atoms with Crippen LogP contribution in [-0.2, 0) is 9.53 Å². The SMILES string of the molecule is O=C1N=C2N(CCN3CCOCC3)c3ccccc3N2/C1=C\c1ccc([N+](=O)[O-])cc1. The van der Waals surface area contributed by atoms with Gasteiger partial charge in [0, 0.05) is 38.3 Å². The smallest absolute Gasteiger partial charge is 0.297 e. The van der Waals surface area contributed by atoms with Gasteiger partial charge in [0.15, 0.2) is 0 Å². The fourth-order valence-corrected chi connectivity index (χ4v) is 4.07. The molecule has 0 radical (unpaired) electrons. The molecule has 2 aromatic rings. The van der Waals surface area contributed by atoms with Crippen molar-refractivity contribution >= 4 is 35.0 Å². The molecule has 3 aliphatic rings. The summed E-state index contributed by atoms with van der Waals surface area (Å²) in [6.45, 7) is 4.84. The van der Waals surface area contributed by atoms with Crippen LogP contribution in [0.15, 0.2) is 59.2 Å². The Labute approximate surface area is 179 Å². The zero-order valence-electron chi connectivity index (χ0n) is 16.8. The van der Waals surface area contributed by atoms with E-state index >= 15 is 0 Å². The molecule has 0 aromatic heterocycles. The number of nitro groups is 1. The van der Waals surface area contributed by atoms with E-state index < -0.39 is 4.92 Å². The van der Waals surface area contributed by atoms with Crippen LogP contribution in [0.3, 0.4) is 0 Å². The van der Waals surface area contributed by atoms with Crippen LogP contribution in [-0.4, -0.2) is 61.1 Å². The lowest BCUT2D eigenvalue weighted by Crippen LogP contribution is -2.43. The van der Waals surface area contributed by atoms with Crippen molar-refractivity contribution in [3.8, 4) is 0 Å². The number of guanidine groups is 1. The molecule has 0 unspecified atom stereocenters. The third-order valence-corrected chi connectivity index (χ3v) is 5.67. The molecule has 0 bridgehead atoms. The van der Waals surface area contributed by atoms with E-state index in [0.29, 0.717) is 23.8 Å². The molecule has 3 aliphatic heterocycles. The standard InChI is InChI=1S/C22H21N5O4/c28-21-20(15-16-5-7-17(8-6-16)27(29)30)26-19-4-2-1-3-18(19)25(22(26)23-21)10-9-24-11-13-31-14-12-24/h1-8,15H,9-14H2/b20-15-. The van der Waals surface area contributed by atoms with Crippen LogP contribution >= 0.6 is 0 Å². The molecule has 1 saturated heterocycles. The number of hydrogen-bond donors (Lipinski definition) is 0. The highest BCUT2D eigenvalue weighted by molar-refractivity contribution is 6.31. The van der Waals surface area contributed by atoms with E-state index in [-0.39, 0.29) is 11.6 Å². The first-order valence-corrected chi connectivity index (χ1v) is 10.2. The van der Waals surface area contributed by atoms with E-state index in [1.807, 2.05) is 29.2 Å². The summed E-state index contributed by atoms with van der Waals surface area (Å²) >= 11 is 0. The second kappa shape index (κ2) is 7.93. The minimum atomic E-state index is -0.443. The number of carbonyl (C=O) groups is 1. The zero-order chi connectivity index (χ0) is 21.4. The number of hydrogen-bond acceptors (Lipinski definition) is 7. The van der Waals surface area contributed by atoms with Gasteiger partial charge in [0.1, 0.15) is 5.70 Å². The molecule has 31 heavy (non-hydrogen) atoms. The Morgan fingerprint density at radius 3 is 2.45 bits per heavy atom. The maximum Gasteiger partial charge on any atom is 0.297 e. The summed E-state index contributed by atoms with van der Waals surface area (Å²) in [6, 6.07) is 14.0. The van der Waals surface area contributed by atoms with Crippen molar-refractivity contribution in [2.24, 2.45) is 4.99 Å². The van der Waals surface area contributed by atoms with Crippen molar-refractivity contribution in [3.63, 3.8) is 0 Å². The van der Waals surface area contributed by atoms with Crippen molar-refractivity contribution in [3.05, 3.63) is 69.9 Å². The van der Waals surface area contributed by atoms with Gasteiger partial charge in [-0.1, -0.05) is 12.1 Å². The lowest BCUT2D eigenvalue weighted by Gasteiger charge is -2.29. The number of nitrogens with zero attached hydrogens (tertiary/aromatic N) is 5. The van der Waals surface area contributed by atoms with Gasteiger partial charge in [-0.05, 0) is 35.9 Å². The minimum Gasteiger partial charge on any atom is -0.379 e. The van der Waals surface area contributed by atoms with Gasteiger partial charge in [0.2, 0.25) is 5.96 Å². The van der Waals surface area contributed by atoms with Crippen LogP contribution in [0.2, 0.25) is 0 Å². The third-order valence-electron chi connectivity index (χ3n) is 5.67. The van der Waals surface area contributed by atoms with Gasteiger partial charge in [0.25, 0.3) is 11.6 Å². The van der Waals surface area contributed by atoms with E-state index in [1.54, 1.807) is 18.2 Å². The highest BCUT2D eigenvalue weighted by atomic mass is 16.6. The fourth-order valence-electron chi connectivity index (χ4n) is 4.07. The molecular weight excluding hydrogens is 398 g/mol. The molecule has 5 rings (SSSR count). The highest BCUT2D eigenvalue weighted by Crippen LogP contribution is 2.42. The molecule has 158 valence electrons. The van der Waals surface area contributed by atoms with Crippen LogP contribution in [0.5, 0.6) is 0 Å². The molecule has 2 aromatic carbocycles. The van der Waals surface area contributed by atoms with Crippen molar-refractivity contribution < 1.29 is 14.5 Å². The lowest BCUT2D eigenvalue weighted by atomic mass is 10.1. The Morgan fingerprint density at radius 2 is 1.74 bits per heavy atom. The number of carbonyl (C=O) groups excluding carboxylic acids is 1. The quantitative estimate of drug-likeness (QED) is 0.418. The van der Waals surface area contributed by atoms with Crippen molar-refractivity contribution in [2.75, 3.05) is 49.2 Å². The molecule has 0 saturated carbocycles. The van der Waals surface area contributed by atoms with Gasteiger partial charge in [-0.25, -0.2) is 0 Å². The van der Waals surface area contributed by atoms with Crippen LogP contribution in [0.4, 0.5) is 17.1 Å². The molecule has 9 heteroatoms. The van der Waals surface area contributed by atoms with Crippen molar-refractivity contribution in [1.82, 2.24) is 4.90 Å². The number of amides is 1. The number of anilines is 2. The third kappa shape index (κ3) is 3.58. The highest BCUT2D eigenvalue weighted by Gasteiger charge is 2.41. The summed E-state index contributed by atoms with van der Waals surface area (Å²) in [7, 11) is 0. The first-order valence-electron chi connectivity index (χ1n) is 10.2. The molecule has 0 N–H and O–H groups in total. The van der Waals surface area contributed by atoms with Crippen molar-refractivity contribution in [2.45, 2.75) is 0 Å². The number of ether oxygens (including phenoxy) is 1. The number of para-hydroxylation sites is 2. The number of morpholine rings is 1. The first-order chi connectivity index (χ1) is 15.1. The molecule has 3 heterocycles. The molecule has 0 atom stereocenters. The summed E-state index contributed by atoms with van der Waals surface area (Å²) in [6.07, 6.45) is 1.73. The van der Waals surface area contributed by atoms with Gasteiger partial charge in [-0.15, -0.1) is 0 Å². The van der Waals surface area contributed by atoms with Gasteiger partial charge in [-0.3, -0.25) is 24.7 Å². The maximum absolute atomic E-state index is 12.8. The molecule has 1 fully saturated rings. The monoisotopic (exact) mass is 419 g/mol. The van der Waals surface area contributed by atoms with E-state index in [1.165, 1.54) is 12.1 Å². The van der Waals surface area contributed by atoms with Gasteiger partial charge in [0.05, 0.1) is 29.5 Å². The molecule has 0 spiro atoms. The number of rotatable bonds is 5.